The first-order valence-electron chi connectivity index (χ1n) is 10.5. The van der Waals surface area contributed by atoms with Crippen LogP contribution in [0, 0.1) is 0 Å². The second-order valence-electron chi connectivity index (χ2n) is 8.17. The fourth-order valence-corrected chi connectivity index (χ4v) is 4.71. The number of pyridine rings is 1. The summed E-state index contributed by atoms with van der Waals surface area (Å²) >= 11 is 6.25. The number of hydrogen-bond donors (Lipinski definition) is 1. The van der Waals surface area contributed by atoms with Gasteiger partial charge in [0, 0.05) is 25.0 Å². The van der Waals surface area contributed by atoms with Gasteiger partial charge in [0.2, 0.25) is 0 Å². The quantitative estimate of drug-likeness (QED) is 0.421. The van der Waals surface area contributed by atoms with Crippen molar-refractivity contribution < 1.29 is 8.78 Å². The van der Waals surface area contributed by atoms with E-state index in [0.717, 1.165) is 0 Å². The van der Waals surface area contributed by atoms with Crippen molar-refractivity contribution in [1.29, 1.82) is 0 Å². The largest absolute Gasteiger partial charge is 0.346 e. The van der Waals surface area contributed by atoms with E-state index in [9.17, 15) is 13.6 Å². The Hall–Kier alpha value is -3.86. The molecule has 5 aromatic rings. The topological polar surface area (TPSA) is 97.0 Å². The number of anilines is 1. The van der Waals surface area contributed by atoms with Crippen LogP contribution in [0.3, 0.4) is 0 Å². The van der Waals surface area contributed by atoms with Crippen molar-refractivity contribution in [1.82, 2.24) is 34.1 Å². The number of rotatable bonds is 4. The molecule has 12 heteroatoms. The number of halogens is 3. The standard InChI is InChI=1S/C22H17ClF2N8O/c23-15-5-8-33-17(15)21(34)31(10-13-3-1-2-6-26-13)20(30-33)16-9-22(24,25)11-32(16)19-14-4-7-27-18(14)28-12-29-19/h1-8,12,16H,9-11H2,(H,27,28,29)/t16-/m0/s1. The molecule has 0 amide bonds. The van der Waals surface area contributed by atoms with E-state index < -0.39 is 30.5 Å². The van der Waals surface area contributed by atoms with Crippen molar-refractivity contribution in [2.24, 2.45) is 0 Å². The van der Waals surface area contributed by atoms with Crippen molar-refractivity contribution in [3.05, 3.63) is 82.1 Å². The lowest BCUT2D eigenvalue weighted by molar-refractivity contribution is 0.0218. The van der Waals surface area contributed by atoms with Gasteiger partial charge in [0.1, 0.15) is 23.3 Å². The van der Waals surface area contributed by atoms with Gasteiger partial charge in [-0.3, -0.25) is 14.3 Å². The highest BCUT2D eigenvalue weighted by molar-refractivity contribution is 6.33. The van der Waals surface area contributed by atoms with Crippen LogP contribution in [0.2, 0.25) is 5.02 Å². The van der Waals surface area contributed by atoms with Gasteiger partial charge in [0.05, 0.1) is 35.2 Å². The summed E-state index contributed by atoms with van der Waals surface area (Å²) in [5, 5.41) is 5.42. The number of aromatic nitrogens is 7. The number of alkyl halides is 2. The second-order valence-corrected chi connectivity index (χ2v) is 8.58. The predicted molar refractivity (Wildman–Crippen MR) is 121 cm³/mol. The number of nitrogens with one attached hydrogen (secondary N) is 1. The lowest BCUT2D eigenvalue weighted by Crippen LogP contribution is -2.34. The summed E-state index contributed by atoms with van der Waals surface area (Å²) < 4.78 is 32.5. The fourth-order valence-electron chi connectivity index (χ4n) is 4.49. The molecule has 34 heavy (non-hydrogen) atoms. The molecule has 0 bridgehead atoms. The fraction of sp³-hybridized carbons (Fsp3) is 0.227. The minimum absolute atomic E-state index is 0.0548. The summed E-state index contributed by atoms with van der Waals surface area (Å²) in [6, 6.07) is 7.67. The summed E-state index contributed by atoms with van der Waals surface area (Å²) in [4.78, 5) is 30.8. The molecule has 1 aliphatic rings. The van der Waals surface area contributed by atoms with Gasteiger partial charge in [-0.15, -0.1) is 0 Å². The van der Waals surface area contributed by atoms with E-state index >= 15 is 0 Å². The molecule has 1 saturated heterocycles. The van der Waals surface area contributed by atoms with Crippen molar-refractivity contribution in [2.75, 3.05) is 11.4 Å². The molecule has 0 aliphatic carbocycles. The van der Waals surface area contributed by atoms with Crippen molar-refractivity contribution >= 4 is 34.0 Å². The van der Waals surface area contributed by atoms with E-state index in [0.29, 0.717) is 22.5 Å². The molecule has 1 N–H and O–H groups in total. The van der Waals surface area contributed by atoms with Gasteiger partial charge >= 0.3 is 0 Å². The Balaban J connectivity index is 1.57. The van der Waals surface area contributed by atoms with Crippen LogP contribution in [0.4, 0.5) is 14.6 Å². The van der Waals surface area contributed by atoms with Crippen molar-refractivity contribution in [3.63, 3.8) is 0 Å². The van der Waals surface area contributed by atoms with E-state index in [1.54, 1.807) is 48.9 Å². The Morgan fingerprint density at radius 3 is 2.88 bits per heavy atom. The van der Waals surface area contributed by atoms with Crippen LogP contribution < -0.4 is 10.5 Å². The van der Waals surface area contributed by atoms with Crippen LogP contribution >= 0.6 is 11.6 Å². The molecule has 0 saturated carbocycles. The predicted octanol–water partition coefficient (Wildman–Crippen LogP) is 3.45. The van der Waals surface area contributed by atoms with Crippen molar-refractivity contribution in [3.8, 4) is 0 Å². The molecule has 1 aliphatic heterocycles. The second kappa shape index (κ2) is 7.59. The number of fused-ring (bicyclic) bond motifs is 2. The average Bonchev–Trinajstić information content (AvgIpc) is 3.53. The summed E-state index contributed by atoms with van der Waals surface area (Å²) in [5.41, 5.74) is 0.861. The normalized spacial score (nSPS) is 17.7. The van der Waals surface area contributed by atoms with Crippen LogP contribution in [0.1, 0.15) is 24.0 Å². The lowest BCUT2D eigenvalue weighted by Gasteiger charge is -2.26. The summed E-state index contributed by atoms with van der Waals surface area (Å²) in [6.45, 7) is -0.516. The van der Waals surface area contributed by atoms with Crippen LogP contribution in [-0.2, 0) is 6.54 Å². The first kappa shape index (κ1) is 20.7. The average molecular weight is 483 g/mol. The molecule has 0 spiro atoms. The van der Waals surface area contributed by atoms with Gasteiger partial charge in [0.25, 0.3) is 11.5 Å². The smallest absolute Gasteiger partial charge is 0.279 e. The van der Waals surface area contributed by atoms with Gasteiger partial charge in [-0.05, 0) is 24.3 Å². The summed E-state index contributed by atoms with van der Waals surface area (Å²) in [5.74, 6) is -2.50. The lowest BCUT2D eigenvalue weighted by atomic mass is 10.1. The van der Waals surface area contributed by atoms with Crippen LogP contribution in [0.5, 0.6) is 0 Å². The minimum atomic E-state index is -3.02. The van der Waals surface area contributed by atoms with Gasteiger partial charge in [-0.1, -0.05) is 17.7 Å². The van der Waals surface area contributed by atoms with Gasteiger partial charge < -0.3 is 9.88 Å². The highest BCUT2D eigenvalue weighted by Gasteiger charge is 2.48. The molecule has 1 atom stereocenters. The molecule has 5 aromatic heterocycles. The van der Waals surface area contributed by atoms with Crippen LogP contribution in [-0.4, -0.2) is 46.6 Å². The zero-order chi connectivity index (χ0) is 23.4. The molecular formula is C22H17ClF2N8O. The maximum absolute atomic E-state index is 14.9. The molecular weight excluding hydrogens is 466 g/mol. The first-order chi connectivity index (χ1) is 16.4. The Labute approximate surface area is 195 Å². The Kier molecular flexibility index (Phi) is 4.63. The molecule has 6 rings (SSSR count). The zero-order valence-corrected chi connectivity index (χ0v) is 18.3. The van der Waals surface area contributed by atoms with Gasteiger partial charge in [0.15, 0.2) is 5.82 Å². The van der Waals surface area contributed by atoms with E-state index in [1.807, 2.05) is 0 Å². The monoisotopic (exact) mass is 482 g/mol. The van der Waals surface area contributed by atoms with Crippen LogP contribution in [0.15, 0.2) is 60.0 Å². The van der Waals surface area contributed by atoms with E-state index in [2.05, 4.69) is 25.0 Å². The Morgan fingerprint density at radius 1 is 1.18 bits per heavy atom. The minimum Gasteiger partial charge on any atom is -0.346 e. The highest BCUT2D eigenvalue weighted by atomic mass is 35.5. The van der Waals surface area contributed by atoms with Crippen LogP contribution in [0.25, 0.3) is 16.6 Å². The number of aromatic amines is 1. The molecule has 172 valence electrons. The molecule has 0 aromatic carbocycles. The van der Waals surface area contributed by atoms with E-state index in [1.165, 1.54) is 20.3 Å². The number of hydrogen-bond acceptors (Lipinski definition) is 6. The molecule has 9 nitrogen and oxygen atoms in total. The molecule has 6 heterocycles. The third kappa shape index (κ3) is 3.31. The zero-order valence-electron chi connectivity index (χ0n) is 17.6. The van der Waals surface area contributed by atoms with E-state index in [4.69, 9.17) is 11.6 Å². The molecule has 0 unspecified atom stereocenters. The maximum Gasteiger partial charge on any atom is 0.279 e. The Morgan fingerprint density at radius 2 is 2.06 bits per heavy atom. The van der Waals surface area contributed by atoms with Gasteiger partial charge in [-0.25, -0.2) is 23.3 Å². The summed E-state index contributed by atoms with van der Waals surface area (Å²) in [7, 11) is 0. The highest BCUT2D eigenvalue weighted by Crippen LogP contribution is 2.43. The van der Waals surface area contributed by atoms with E-state index in [-0.39, 0.29) is 22.9 Å². The van der Waals surface area contributed by atoms with Crippen molar-refractivity contribution in [2.45, 2.75) is 24.9 Å². The third-order valence-electron chi connectivity index (χ3n) is 5.97. The molecule has 1 fully saturated rings. The Bertz CT molecular complexity index is 1580. The van der Waals surface area contributed by atoms with Gasteiger partial charge in [-0.2, -0.15) is 5.10 Å². The number of nitrogens with zero attached hydrogens (tertiary/aromatic N) is 7. The SMILES string of the molecule is O=c1c2c(Cl)ccn2nc([C@@H]2CC(F)(F)CN2c2ncnc3[nH]ccc23)n1Cc1ccccn1. The molecule has 0 radical (unpaired) electrons. The first-order valence-corrected chi connectivity index (χ1v) is 10.9. The summed E-state index contributed by atoms with van der Waals surface area (Å²) in [6.07, 6.45) is 5.62. The number of H-pyrrole nitrogens is 1. The maximum atomic E-state index is 14.9. The third-order valence-corrected chi connectivity index (χ3v) is 6.28.